The summed E-state index contributed by atoms with van der Waals surface area (Å²) in [5.74, 6) is 2.66. The lowest BCUT2D eigenvalue weighted by atomic mass is 10.0. The van der Waals surface area contributed by atoms with Crippen LogP contribution in [0.2, 0.25) is 0 Å². The summed E-state index contributed by atoms with van der Waals surface area (Å²) in [6, 6.07) is 7.92. The minimum absolute atomic E-state index is 0.234. The zero-order valence-electron chi connectivity index (χ0n) is 6.95. The summed E-state index contributed by atoms with van der Waals surface area (Å²) in [7, 11) is 0. The quantitative estimate of drug-likeness (QED) is 0.450. The summed E-state index contributed by atoms with van der Waals surface area (Å²) in [6.07, 6.45) is 5.92. The standard InChI is InChI=1S/C11H10O/c1-3-9-6-4-5-7-10(9)11-8(2)12-11/h1,4-8,11H,2H3. The lowest BCUT2D eigenvalue weighted by molar-refractivity contribution is 0.383. The molecule has 1 heterocycles. The molecule has 0 aliphatic carbocycles. The number of ether oxygens (including phenoxy) is 1. The van der Waals surface area contributed by atoms with E-state index in [1.807, 2.05) is 24.3 Å². The van der Waals surface area contributed by atoms with Crippen LogP contribution in [0.5, 0.6) is 0 Å². The van der Waals surface area contributed by atoms with E-state index in [1.165, 1.54) is 0 Å². The average molecular weight is 158 g/mol. The van der Waals surface area contributed by atoms with Crippen LogP contribution in [0.3, 0.4) is 0 Å². The monoisotopic (exact) mass is 158 g/mol. The predicted molar refractivity (Wildman–Crippen MR) is 47.7 cm³/mol. The van der Waals surface area contributed by atoms with E-state index >= 15 is 0 Å². The van der Waals surface area contributed by atoms with Crippen molar-refractivity contribution in [1.29, 1.82) is 0 Å². The van der Waals surface area contributed by atoms with Gasteiger partial charge in [-0.2, -0.15) is 0 Å². The Hall–Kier alpha value is -1.26. The molecule has 0 aromatic heterocycles. The molecular formula is C11H10O. The first-order valence-corrected chi connectivity index (χ1v) is 4.04. The number of benzene rings is 1. The SMILES string of the molecule is C#Cc1ccccc1C1OC1C. The van der Waals surface area contributed by atoms with Gasteiger partial charge in [-0.15, -0.1) is 6.42 Å². The largest absolute Gasteiger partial charge is 0.365 e. The van der Waals surface area contributed by atoms with E-state index in [4.69, 9.17) is 11.2 Å². The predicted octanol–water partition coefficient (Wildman–Crippen LogP) is 2.13. The van der Waals surface area contributed by atoms with Crippen molar-refractivity contribution in [3.05, 3.63) is 35.4 Å². The molecule has 0 amide bonds. The van der Waals surface area contributed by atoms with E-state index in [-0.39, 0.29) is 6.10 Å². The average Bonchev–Trinajstić information content (AvgIpc) is 2.83. The summed E-state index contributed by atoms with van der Waals surface area (Å²) in [5.41, 5.74) is 2.10. The van der Waals surface area contributed by atoms with Gasteiger partial charge < -0.3 is 4.74 Å². The molecule has 1 aromatic carbocycles. The maximum absolute atomic E-state index is 5.36. The Morgan fingerprint density at radius 1 is 1.42 bits per heavy atom. The molecule has 0 N–H and O–H groups in total. The molecule has 2 rings (SSSR count). The van der Waals surface area contributed by atoms with Crippen molar-refractivity contribution in [2.45, 2.75) is 19.1 Å². The number of hydrogen-bond acceptors (Lipinski definition) is 1. The fourth-order valence-electron chi connectivity index (χ4n) is 1.39. The lowest BCUT2D eigenvalue weighted by Crippen LogP contribution is -1.88. The van der Waals surface area contributed by atoms with Gasteiger partial charge in [0.1, 0.15) is 6.10 Å². The fourth-order valence-corrected chi connectivity index (χ4v) is 1.39. The number of epoxide rings is 1. The first-order chi connectivity index (χ1) is 5.83. The van der Waals surface area contributed by atoms with Crippen LogP contribution < -0.4 is 0 Å². The third-order valence-corrected chi connectivity index (χ3v) is 2.13. The van der Waals surface area contributed by atoms with Gasteiger partial charge in [0.15, 0.2) is 0 Å². The Kier molecular flexibility index (Phi) is 1.64. The summed E-state index contributed by atoms with van der Waals surface area (Å²) >= 11 is 0. The summed E-state index contributed by atoms with van der Waals surface area (Å²) in [5, 5.41) is 0. The van der Waals surface area contributed by atoms with E-state index in [1.54, 1.807) is 0 Å². The zero-order valence-corrected chi connectivity index (χ0v) is 6.95. The van der Waals surface area contributed by atoms with E-state index in [0.717, 1.165) is 11.1 Å². The highest BCUT2D eigenvalue weighted by Gasteiger charge is 2.36. The molecular weight excluding hydrogens is 148 g/mol. The van der Waals surface area contributed by atoms with Gasteiger partial charge in [0, 0.05) is 5.56 Å². The zero-order chi connectivity index (χ0) is 8.55. The Morgan fingerprint density at radius 2 is 2.08 bits per heavy atom. The maximum atomic E-state index is 5.36. The van der Waals surface area contributed by atoms with Crippen LogP contribution in [0.4, 0.5) is 0 Å². The van der Waals surface area contributed by atoms with Crippen LogP contribution in [0.15, 0.2) is 24.3 Å². The van der Waals surface area contributed by atoms with Crippen molar-refractivity contribution in [3.8, 4) is 12.3 Å². The molecule has 2 atom stereocenters. The van der Waals surface area contributed by atoms with Crippen LogP contribution in [0.25, 0.3) is 0 Å². The van der Waals surface area contributed by atoms with Crippen LogP contribution in [0.1, 0.15) is 24.2 Å². The van der Waals surface area contributed by atoms with Gasteiger partial charge in [-0.25, -0.2) is 0 Å². The van der Waals surface area contributed by atoms with Gasteiger partial charge in [0.05, 0.1) is 6.10 Å². The van der Waals surface area contributed by atoms with Crippen LogP contribution in [0, 0.1) is 12.3 Å². The summed E-state index contributed by atoms with van der Waals surface area (Å²) in [6.45, 7) is 2.05. The molecule has 12 heavy (non-hydrogen) atoms. The Labute approximate surface area is 72.4 Å². The summed E-state index contributed by atoms with van der Waals surface area (Å²) < 4.78 is 5.35. The fraction of sp³-hybridized carbons (Fsp3) is 0.273. The molecule has 2 unspecified atom stereocenters. The highest BCUT2D eigenvalue weighted by Crippen LogP contribution is 2.39. The molecule has 1 aromatic rings. The maximum Gasteiger partial charge on any atom is 0.110 e. The van der Waals surface area contributed by atoms with Crippen LogP contribution in [-0.2, 0) is 4.74 Å². The highest BCUT2D eigenvalue weighted by molar-refractivity contribution is 5.42. The molecule has 1 saturated heterocycles. The molecule has 1 heteroatoms. The topological polar surface area (TPSA) is 12.5 Å². The van der Waals surface area contributed by atoms with E-state index in [2.05, 4.69) is 12.8 Å². The van der Waals surface area contributed by atoms with E-state index in [0.29, 0.717) is 6.10 Å². The number of rotatable bonds is 1. The number of terminal acetylenes is 1. The minimum atomic E-state index is 0.234. The molecule has 1 aliphatic rings. The van der Waals surface area contributed by atoms with Crippen molar-refractivity contribution >= 4 is 0 Å². The third kappa shape index (κ3) is 1.11. The van der Waals surface area contributed by atoms with Gasteiger partial charge in [0.25, 0.3) is 0 Å². The van der Waals surface area contributed by atoms with Crippen LogP contribution >= 0.6 is 0 Å². The van der Waals surface area contributed by atoms with Crippen molar-refractivity contribution in [3.63, 3.8) is 0 Å². The third-order valence-electron chi connectivity index (χ3n) is 2.13. The van der Waals surface area contributed by atoms with Gasteiger partial charge in [-0.3, -0.25) is 0 Å². The first-order valence-electron chi connectivity index (χ1n) is 4.04. The summed E-state index contributed by atoms with van der Waals surface area (Å²) in [4.78, 5) is 0. The van der Waals surface area contributed by atoms with E-state index < -0.39 is 0 Å². The molecule has 0 bridgehead atoms. The Bertz CT molecular complexity index is 335. The molecule has 0 saturated carbocycles. The van der Waals surface area contributed by atoms with Gasteiger partial charge in [0.2, 0.25) is 0 Å². The van der Waals surface area contributed by atoms with Gasteiger partial charge in [-0.05, 0) is 18.6 Å². The Morgan fingerprint density at radius 3 is 2.67 bits per heavy atom. The van der Waals surface area contributed by atoms with Crippen LogP contribution in [-0.4, -0.2) is 6.10 Å². The van der Waals surface area contributed by atoms with Crippen molar-refractivity contribution < 1.29 is 4.74 Å². The highest BCUT2D eigenvalue weighted by atomic mass is 16.6. The second kappa shape index (κ2) is 2.66. The Balaban J connectivity index is 2.38. The second-order valence-electron chi connectivity index (χ2n) is 2.99. The lowest BCUT2D eigenvalue weighted by Gasteiger charge is -1.98. The smallest absolute Gasteiger partial charge is 0.110 e. The molecule has 1 aliphatic heterocycles. The molecule has 0 spiro atoms. The molecule has 1 nitrogen and oxygen atoms in total. The molecule has 0 radical (unpaired) electrons. The second-order valence-corrected chi connectivity index (χ2v) is 2.99. The van der Waals surface area contributed by atoms with Crippen molar-refractivity contribution in [2.75, 3.05) is 0 Å². The van der Waals surface area contributed by atoms with Crippen molar-refractivity contribution in [1.82, 2.24) is 0 Å². The van der Waals surface area contributed by atoms with E-state index in [9.17, 15) is 0 Å². The minimum Gasteiger partial charge on any atom is -0.365 e. The molecule has 60 valence electrons. The van der Waals surface area contributed by atoms with Gasteiger partial charge >= 0.3 is 0 Å². The van der Waals surface area contributed by atoms with Gasteiger partial charge in [-0.1, -0.05) is 24.1 Å². The normalized spacial score (nSPS) is 26.3. The van der Waals surface area contributed by atoms with Crippen molar-refractivity contribution in [2.24, 2.45) is 0 Å². The number of hydrogen-bond donors (Lipinski definition) is 0. The molecule has 1 fully saturated rings. The first kappa shape index (κ1) is 7.39.